The Morgan fingerprint density at radius 1 is 1.30 bits per heavy atom. The number of fused-ring (bicyclic) bond motifs is 1. The fourth-order valence-corrected chi connectivity index (χ4v) is 4.13. The van der Waals surface area contributed by atoms with Crippen LogP contribution in [0.1, 0.15) is 56.1 Å². The number of hydrogen-bond donors (Lipinski definition) is 3. The van der Waals surface area contributed by atoms with Gasteiger partial charge in [-0.25, -0.2) is 10.1 Å². The van der Waals surface area contributed by atoms with Gasteiger partial charge in [0.15, 0.2) is 5.65 Å². The molecule has 3 heterocycles. The van der Waals surface area contributed by atoms with E-state index in [0.29, 0.717) is 17.5 Å². The van der Waals surface area contributed by atoms with Crippen LogP contribution in [0.4, 0.5) is 5.82 Å². The highest BCUT2D eigenvalue weighted by molar-refractivity contribution is 5.77. The average Bonchev–Trinajstić information content (AvgIpc) is 3.15. The number of H-pyrrole nitrogens is 1. The predicted molar refractivity (Wildman–Crippen MR) is 106 cm³/mol. The fraction of sp³-hybridized carbons (Fsp3) is 0.500. The minimum atomic E-state index is 0.145. The van der Waals surface area contributed by atoms with E-state index in [1.807, 2.05) is 18.3 Å². The largest absolute Gasteiger partial charge is 0.384 e. The number of rotatable bonds is 6. The minimum Gasteiger partial charge on any atom is -0.384 e. The summed E-state index contributed by atoms with van der Waals surface area (Å²) in [4.78, 5) is 8.62. The molecule has 0 spiro atoms. The molecule has 0 saturated heterocycles. The summed E-state index contributed by atoms with van der Waals surface area (Å²) in [6.07, 6.45) is 9.87. The molecular formula is C20H27N7. The van der Waals surface area contributed by atoms with Crippen LogP contribution in [0.25, 0.3) is 11.2 Å². The quantitative estimate of drug-likeness (QED) is 0.620. The van der Waals surface area contributed by atoms with Gasteiger partial charge in [-0.05, 0) is 67.8 Å². The molecule has 1 atom stereocenters. The van der Waals surface area contributed by atoms with Crippen molar-refractivity contribution < 1.29 is 0 Å². The fourth-order valence-electron chi connectivity index (χ4n) is 4.13. The Morgan fingerprint density at radius 2 is 2.15 bits per heavy atom. The van der Waals surface area contributed by atoms with Gasteiger partial charge in [0.2, 0.25) is 0 Å². The summed E-state index contributed by atoms with van der Waals surface area (Å²) < 4.78 is 0. The first-order valence-corrected chi connectivity index (χ1v) is 9.81. The van der Waals surface area contributed by atoms with Crippen molar-refractivity contribution in [2.45, 2.75) is 51.0 Å². The zero-order chi connectivity index (χ0) is 18.6. The molecule has 0 bridgehead atoms. The van der Waals surface area contributed by atoms with Crippen LogP contribution < -0.4 is 11.1 Å². The molecule has 7 nitrogen and oxygen atoms in total. The van der Waals surface area contributed by atoms with Crippen molar-refractivity contribution in [1.29, 1.82) is 0 Å². The molecule has 4 rings (SSSR count). The normalized spacial score (nSPS) is 21.4. The summed E-state index contributed by atoms with van der Waals surface area (Å²) in [6, 6.07) is 6.64. The number of aromatic amines is 1. The van der Waals surface area contributed by atoms with E-state index < -0.39 is 0 Å². The van der Waals surface area contributed by atoms with Gasteiger partial charge in [0.25, 0.3) is 0 Å². The first-order chi connectivity index (χ1) is 13.2. The lowest BCUT2D eigenvalue weighted by Crippen LogP contribution is -2.34. The van der Waals surface area contributed by atoms with Gasteiger partial charge in [0, 0.05) is 24.4 Å². The number of nitrogens with two attached hydrogens (primary N) is 1. The van der Waals surface area contributed by atoms with E-state index in [0.717, 1.165) is 35.5 Å². The third-order valence-corrected chi connectivity index (χ3v) is 5.69. The molecule has 0 radical (unpaired) electrons. The number of pyridine rings is 2. The zero-order valence-corrected chi connectivity index (χ0v) is 15.7. The van der Waals surface area contributed by atoms with Crippen LogP contribution in [0.5, 0.6) is 0 Å². The van der Waals surface area contributed by atoms with Gasteiger partial charge in [-0.2, -0.15) is 0 Å². The van der Waals surface area contributed by atoms with Crippen molar-refractivity contribution in [3.63, 3.8) is 0 Å². The van der Waals surface area contributed by atoms with Crippen LogP contribution in [-0.2, 0) is 0 Å². The molecule has 0 amide bonds. The number of hydrogen-bond acceptors (Lipinski definition) is 6. The number of anilines is 1. The van der Waals surface area contributed by atoms with Gasteiger partial charge < -0.3 is 11.1 Å². The van der Waals surface area contributed by atoms with E-state index >= 15 is 0 Å². The van der Waals surface area contributed by atoms with Gasteiger partial charge in [0.1, 0.15) is 11.3 Å². The molecule has 0 aromatic carbocycles. The Bertz CT molecular complexity index is 868. The van der Waals surface area contributed by atoms with E-state index in [-0.39, 0.29) is 5.92 Å². The average molecular weight is 365 g/mol. The van der Waals surface area contributed by atoms with Crippen LogP contribution >= 0.6 is 0 Å². The standard InChI is InChI=1S/C20H27N7/c1-13-4-6-15(7-5-13)23-10-8-16(14-3-2-9-22-12-14)17-11-18(21)24-20-19(17)25-27-26-20/h2-3,9,11-13,15-16,23H,4-8,10H2,1H3,(H3,21,24,25,26,27)/t13-,15-,16?. The third kappa shape index (κ3) is 4.08. The molecule has 0 aliphatic heterocycles. The Balaban J connectivity index is 1.55. The summed E-state index contributed by atoms with van der Waals surface area (Å²) in [7, 11) is 0. The number of aromatic nitrogens is 5. The van der Waals surface area contributed by atoms with E-state index in [9.17, 15) is 0 Å². The van der Waals surface area contributed by atoms with Crippen molar-refractivity contribution >= 4 is 17.0 Å². The van der Waals surface area contributed by atoms with Gasteiger partial charge >= 0.3 is 0 Å². The van der Waals surface area contributed by atoms with E-state index in [1.54, 1.807) is 6.20 Å². The summed E-state index contributed by atoms with van der Waals surface area (Å²) in [5.41, 5.74) is 9.67. The third-order valence-electron chi connectivity index (χ3n) is 5.69. The number of nitrogen functional groups attached to an aromatic ring is 1. The second kappa shape index (κ2) is 8.00. The lowest BCUT2D eigenvalue weighted by atomic mass is 9.86. The molecule has 1 saturated carbocycles. The van der Waals surface area contributed by atoms with Crippen molar-refractivity contribution in [2.24, 2.45) is 5.92 Å². The smallest absolute Gasteiger partial charge is 0.178 e. The summed E-state index contributed by atoms with van der Waals surface area (Å²) in [5, 5.41) is 14.8. The molecule has 1 unspecified atom stereocenters. The van der Waals surface area contributed by atoms with Gasteiger partial charge in [-0.1, -0.05) is 18.2 Å². The first-order valence-electron chi connectivity index (χ1n) is 9.81. The molecule has 142 valence electrons. The second-order valence-electron chi connectivity index (χ2n) is 7.68. The summed E-state index contributed by atoms with van der Waals surface area (Å²) in [5.74, 6) is 1.49. The molecular weight excluding hydrogens is 338 g/mol. The topological polar surface area (TPSA) is 105 Å². The molecule has 4 N–H and O–H groups in total. The molecule has 1 aliphatic carbocycles. The highest BCUT2D eigenvalue weighted by atomic mass is 15.3. The Hall–Kier alpha value is -2.54. The van der Waals surface area contributed by atoms with Crippen molar-refractivity contribution in [1.82, 2.24) is 30.7 Å². The number of nitrogens with one attached hydrogen (secondary N) is 2. The van der Waals surface area contributed by atoms with Crippen LogP contribution in [0.3, 0.4) is 0 Å². The molecule has 3 aromatic heterocycles. The molecule has 27 heavy (non-hydrogen) atoms. The van der Waals surface area contributed by atoms with E-state index in [4.69, 9.17) is 5.73 Å². The van der Waals surface area contributed by atoms with Gasteiger partial charge in [-0.15, -0.1) is 5.10 Å². The minimum absolute atomic E-state index is 0.145. The molecule has 1 aliphatic rings. The number of nitrogens with zero attached hydrogens (tertiary/aromatic N) is 4. The summed E-state index contributed by atoms with van der Waals surface area (Å²) >= 11 is 0. The first kappa shape index (κ1) is 17.9. The maximum atomic E-state index is 6.04. The predicted octanol–water partition coefficient (Wildman–Crippen LogP) is 3.02. The monoisotopic (exact) mass is 365 g/mol. The zero-order valence-electron chi connectivity index (χ0n) is 15.7. The maximum Gasteiger partial charge on any atom is 0.178 e. The van der Waals surface area contributed by atoms with Crippen molar-refractivity contribution in [3.05, 3.63) is 41.7 Å². The Kier molecular flexibility index (Phi) is 5.29. The highest BCUT2D eigenvalue weighted by Gasteiger charge is 2.22. The maximum absolute atomic E-state index is 6.04. The Labute approximate surface area is 159 Å². The van der Waals surface area contributed by atoms with Gasteiger partial charge in [0.05, 0.1) is 0 Å². The van der Waals surface area contributed by atoms with Crippen molar-refractivity contribution in [3.8, 4) is 0 Å². The van der Waals surface area contributed by atoms with E-state index in [2.05, 4.69) is 43.7 Å². The Morgan fingerprint density at radius 3 is 2.93 bits per heavy atom. The second-order valence-corrected chi connectivity index (χ2v) is 7.68. The van der Waals surface area contributed by atoms with Crippen LogP contribution in [0.2, 0.25) is 0 Å². The molecule has 7 heteroatoms. The lowest BCUT2D eigenvalue weighted by Gasteiger charge is -2.28. The highest BCUT2D eigenvalue weighted by Crippen LogP contribution is 2.32. The van der Waals surface area contributed by atoms with E-state index in [1.165, 1.54) is 25.7 Å². The molecule has 1 fully saturated rings. The SMILES string of the molecule is C[C@H]1CC[C@H](NCCC(c2cccnc2)c2cc(N)nc3[nH]nnc23)CC1. The molecule has 3 aromatic rings. The van der Waals surface area contributed by atoms with Crippen LogP contribution in [-0.4, -0.2) is 38.0 Å². The van der Waals surface area contributed by atoms with Gasteiger partial charge in [-0.3, -0.25) is 4.98 Å². The van der Waals surface area contributed by atoms with Crippen LogP contribution in [0, 0.1) is 5.92 Å². The van der Waals surface area contributed by atoms with Crippen molar-refractivity contribution in [2.75, 3.05) is 12.3 Å². The summed E-state index contributed by atoms with van der Waals surface area (Å²) in [6.45, 7) is 3.30. The lowest BCUT2D eigenvalue weighted by molar-refractivity contribution is 0.306. The van der Waals surface area contributed by atoms with Crippen LogP contribution in [0.15, 0.2) is 30.6 Å².